The fourth-order valence-electron chi connectivity index (χ4n) is 1.61. The van der Waals surface area contributed by atoms with Gasteiger partial charge in [0, 0.05) is 18.7 Å². The quantitative estimate of drug-likeness (QED) is 0.850. The van der Waals surface area contributed by atoms with Crippen LogP contribution in [0.3, 0.4) is 0 Å². The lowest BCUT2D eigenvalue weighted by Crippen LogP contribution is -2.10. The van der Waals surface area contributed by atoms with E-state index in [4.69, 9.17) is 5.73 Å². The van der Waals surface area contributed by atoms with Crippen LogP contribution in [0.4, 0.5) is 5.69 Å². The molecule has 96 valence electrons. The number of halogens is 1. The summed E-state index contributed by atoms with van der Waals surface area (Å²) in [6.07, 6.45) is 3.32. The monoisotopic (exact) mass is 256 g/mol. The Morgan fingerprint density at radius 3 is 2.41 bits per heavy atom. The minimum Gasteiger partial charge on any atom is -0.326 e. The molecule has 17 heavy (non-hydrogen) atoms. The molecule has 0 aromatic heterocycles. The predicted octanol–water partition coefficient (Wildman–Crippen LogP) is 3.26. The van der Waals surface area contributed by atoms with E-state index in [1.165, 1.54) is 6.92 Å². The first-order chi connectivity index (χ1) is 7.63. The third kappa shape index (κ3) is 5.71. The highest BCUT2D eigenvalue weighted by molar-refractivity contribution is 5.88. The molecule has 1 rings (SSSR count). The van der Waals surface area contributed by atoms with Crippen LogP contribution in [0.1, 0.15) is 44.7 Å². The zero-order valence-electron chi connectivity index (χ0n) is 10.4. The van der Waals surface area contributed by atoms with E-state index in [2.05, 4.69) is 12.2 Å². The Morgan fingerprint density at radius 2 is 1.94 bits per heavy atom. The molecule has 1 aromatic carbocycles. The molecule has 0 fully saturated rings. The van der Waals surface area contributed by atoms with Crippen LogP contribution >= 0.6 is 12.4 Å². The molecule has 0 radical (unpaired) electrons. The first-order valence-electron chi connectivity index (χ1n) is 5.76. The van der Waals surface area contributed by atoms with Gasteiger partial charge in [0.1, 0.15) is 0 Å². The Kier molecular flexibility index (Phi) is 7.59. The standard InChI is InChI=1S/C13H20N2O.ClH/c1-3-4-5-13(14)11-6-8-12(9-7-11)15-10(2)16;/h6-9,13H,3-5,14H2,1-2H3,(H,15,16);1H/t13-;/m0./s1. The summed E-state index contributed by atoms with van der Waals surface area (Å²) >= 11 is 0. The van der Waals surface area contributed by atoms with Gasteiger partial charge in [-0.3, -0.25) is 4.79 Å². The van der Waals surface area contributed by atoms with Crippen LogP contribution in [0.2, 0.25) is 0 Å². The van der Waals surface area contributed by atoms with Crippen molar-refractivity contribution in [2.75, 3.05) is 5.32 Å². The van der Waals surface area contributed by atoms with Crippen LogP contribution in [0.5, 0.6) is 0 Å². The number of amides is 1. The first-order valence-corrected chi connectivity index (χ1v) is 5.76. The van der Waals surface area contributed by atoms with Crippen molar-refractivity contribution in [3.8, 4) is 0 Å². The second-order valence-corrected chi connectivity index (χ2v) is 4.05. The molecular weight excluding hydrogens is 236 g/mol. The van der Waals surface area contributed by atoms with E-state index in [-0.39, 0.29) is 24.4 Å². The molecule has 0 spiro atoms. The Morgan fingerprint density at radius 1 is 1.35 bits per heavy atom. The number of carbonyl (C=O) groups is 1. The molecule has 3 nitrogen and oxygen atoms in total. The molecule has 0 bridgehead atoms. The van der Waals surface area contributed by atoms with Gasteiger partial charge in [-0.25, -0.2) is 0 Å². The van der Waals surface area contributed by atoms with Crippen molar-refractivity contribution in [3.63, 3.8) is 0 Å². The highest BCUT2D eigenvalue weighted by Gasteiger charge is 2.05. The molecular formula is C13H21ClN2O. The number of anilines is 1. The molecule has 1 amide bonds. The highest BCUT2D eigenvalue weighted by Crippen LogP contribution is 2.18. The number of nitrogens with two attached hydrogens (primary N) is 1. The number of carbonyl (C=O) groups excluding carboxylic acids is 1. The molecule has 0 saturated carbocycles. The van der Waals surface area contributed by atoms with Crippen molar-refractivity contribution in [2.45, 2.75) is 39.2 Å². The molecule has 1 aromatic rings. The Hall–Kier alpha value is -1.06. The Balaban J connectivity index is 0.00000256. The van der Waals surface area contributed by atoms with Gasteiger partial charge in [0.25, 0.3) is 0 Å². The van der Waals surface area contributed by atoms with Crippen LogP contribution in [0.25, 0.3) is 0 Å². The summed E-state index contributed by atoms with van der Waals surface area (Å²) in [5.74, 6) is -0.0527. The lowest BCUT2D eigenvalue weighted by atomic mass is 10.0. The number of rotatable bonds is 5. The van der Waals surface area contributed by atoms with E-state index in [1.54, 1.807) is 0 Å². The summed E-state index contributed by atoms with van der Waals surface area (Å²) in [6, 6.07) is 7.84. The van der Waals surface area contributed by atoms with Crippen LogP contribution in [0, 0.1) is 0 Å². The number of nitrogens with one attached hydrogen (secondary N) is 1. The van der Waals surface area contributed by atoms with Gasteiger partial charge in [0.05, 0.1) is 0 Å². The summed E-state index contributed by atoms with van der Waals surface area (Å²) < 4.78 is 0. The fraction of sp³-hybridized carbons (Fsp3) is 0.462. The molecule has 1 atom stereocenters. The van der Waals surface area contributed by atoms with Crippen molar-refractivity contribution in [1.82, 2.24) is 0 Å². The lowest BCUT2D eigenvalue weighted by molar-refractivity contribution is -0.114. The summed E-state index contributed by atoms with van der Waals surface area (Å²) in [7, 11) is 0. The van der Waals surface area contributed by atoms with Crippen molar-refractivity contribution < 1.29 is 4.79 Å². The fourth-order valence-corrected chi connectivity index (χ4v) is 1.61. The van der Waals surface area contributed by atoms with Gasteiger partial charge in [-0.05, 0) is 24.1 Å². The molecule has 4 heteroatoms. The number of unbranched alkanes of at least 4 members (excludes halogenated alkanes) is 1. The minimum atomic E-state index is -0.0527. The van der Waals surface area contributed by atoms with E-state index in [0.29, 0.717) is 0 Å². The van der Waals surface area contributed by atoms with Crippen LogP contribution in [-0.4, -0.2) is 5.91 Å². The first kappa shape index (κ1) is 15.9. The van der Waals surface area contributed by atoms with Crippen LogP contribution in [-0.2, 0) is 4.79 Å². The minimum absolute atomic E-state index is 0. The van der Waals surface area contributed by atoms with E-state index in [1.807, 2.05) is 24.3 Å². The van der Waals surface area contributed by atoms with Crippen molar-refractivity contribution in [2.24, 2.45) is 5.73 Å². The van der Waals surface area contributed by atoms with Crippen LogP contribution in [0.15, 0.2) is 24.3 Å². The van der Waals surface area contributed by atoms with Gasteiger partial charge in [0.15, 0.2) is 0 Å². The Bertz CT molecular complexity index is 338. The normalized spacial score (nSPS) is 11.5. The maximum Gasteiger partial charge on any atom is 0.221 e. The van der Waals surface area contributed by atoms with Gasteiger partial charge in [0.2, 0.25) is 5.91 Å². The van der Waals surface area contributed by atoms with E-state index >= 15 is 0 Å². The van der Waals surface area contributed by atoms with Crippen LogP contribution < -0.4 is 11.1 Å². The second kappa shape index (κ2) is 8.09. The number of hydrogen-bond acceptors (Lipinski definition) is 2. The summed E-state index contributed by atoms with van der Waals surface area (Å²) in [5.41, 5.74) is 7.99. The van der Waals surface area contributed by atoms with Crippen molar-refractivity contribution in [1.29, 1.82) is 0 Å². The van der Waals surface area contributed by atoms with Gasteiger partial charge in [-0.15, -0.1) is 12.4 Å². The molecule has 0 aliphatic carbocycles. The Labute approximate surface area is 109 Å². The maximum atomic E-state index is 10.8. The summed E-state index contributed by atoms with van der Waals surface area (Å²) in [4.78, 5) is 10.8. The van der Waals surface area contributed by atoms with Gasteiger partial charge >= 0.3 is 0 Å². The molecule has 0 aliphatic rings. The predicted molar refractivity (Wildman–Crippen MR) is 74.4 cm³/mol. The van der Waals surface area contributed by atoms with Gasteiger partial charge < -0.3 is 11.1 Å². The van der Waals surface area contributed by atoms with Crippen molar-refractivity contribution >= 4 is 24.0 Å². The van der Waals surface area contributed by atoms with E-state index in [0.717, 1.165) is 30.5 Å². The lowest BCUT2D eigenvalue weighted by Gasteiger charge is -2.12. The summed E-state index contributed by atoms with van der Waals surface area (Å²) in [6.45, 7) is 3.66. The largest absolute Gasteiger partial charge is 0.326 e. The molecule has 0 saturated heterocycles. The third-order valence-corrected chi connectivity index (χ3v) is 2.53. The molecule has 0 aliphatic heterocycles. The zero-order valence-corrected chi connectivity index (χ0v) is 11.2. The number of benzene rings is 1. The van der Waals surface area contributed by atoms with Gasteiger partial charge in [-0.2, -0.15) is 0 Å². The van der Waals surface area contributed by atoms with E-state index < -0.39 is 0 Å². The van der Waals surface area contributed by atoms with Crippen molar-refractivity contribution in [3.05, 3.63) is 29.8 Å². The highest BCUT2D eigenvalue weighted by atomic mass is 35.5. The molecule has 0 heterocycles. The maximum absolute atomic E-state index is 10.8. The summed E-state index contributed by atoms with van der Waals surface area (Å²) in [5, 5.41) is 2.73. The SMILES string of the molecule is CCCC[C@H](N)c1ccc(NC(C)=O)cc1.Cl. The second-order valence-electron chi connectivity index (χ2n) is 4.05. The topological polar surface area (TPSA) is 55.1 Å². The molecule has 3 N–H and O–H groups in total. The third-order valence-electron chi connectivity index (χ3n) is 2.53. The smallest absolute Gasteiger partial charge is 0.221 e. The molecule has 0 unspecified atom stereocenters. The average Bonchev–Trinajstić information content (AvgIpc) is 2.26. The average molecular weight is 257 g/mol. The van der Waals surface area contributed by atoms with E-state index in [9.17, 15) is 4.79 Å². The van der Waals surface area contributed by atoms with Gasteiger partial charge in [-0.1, -0.05) is 31.9 Å². The number of hydrogen-bond donors (Lipinski definition) is 2. The zero-order chi connectivity index (χ0) is 12.0.